The molecule has 2 rings (SSSR count). The minimum absolute atomic E-state index is 0.000962. The Labute approximate surface area is 123 Å². The van der Waals surface area contributed by atoms with Crippen LogP contribution in [-0.2, 0) is 11.3 Å². The molecule has 0 saturated carbocycles. The molecule has 8 heteroatoms. The summed E-state index contributed by atoms with van der Waals surface area (Å²) in [5, 5.41) is 16.8. The smallest absolute Gasteiger partial charge is 0.221 e. The van der Waals surface area contributed by atoms with Gasteiger partial charge in [-0.25, -0.2) is 9.67 Å². The summed E-state index contributed by atoms with van der Waals surface area (Å²) in [5.74, 6) is 0.851. The molecule has 0 aliphatic carbocycles. The highest BCUT2D eigenvalue weighted by Gasteiger charge is 2.02. The first kappa shape index (κ1) is 14.9. The molecule has 0 spiro atoms. The lowest BCUT2D eigenvalue weighted by Gasteiger charge is -2.07. The van der Waals surface area contributed by atoms with Crippen LogP contribution in [0.3, 0.4) is 0 Å². The number of hydrogen-bond donors (Lipinski definition) is 2. The molecule has 0 atom stereocenters. The van der Waals surface area contributed by atoms with E-state index in [0.717, 1.165) is 24.3 Å². The Kier molecular flexibility index (Phi) is 5.62. The number of anilines is 1. The van der Waals surface area contributed by atoms with Crippen molar-refractivity contribution in [3.63, 3.8) is 0 Å². The second-order valence-electron chi connectivity index (χ2n) is 4.67. The minimum atomic E-state index is -0.000962. The lowest BCUT2D eigenvalue weighted by Crippen LogP contribution is -2.26. The van der Waals surface area contributed by atoms with E-state index in [2.05, 4.69) is 31.1 Å². The first-order valence-electron chi connectivity index (χ1n) is 6.88. The summed E-state index contributed by atoms with van der Waals surface area (Å²) in [5.41, 5.74) is 1.13. The highest BCUT2D eigenvalue weighted by atomic mass is 16.1. The molecular weight excluding hydrogens is 270 g/mol. The van der Waals surface area contributed by atoms with Crippen LogP contribution in [0, 0.1) is 6.92 Å². The van der Waals surface area contributed by atoms with Gasteiger partial charge in [0.1, 0.15) is 12.1 Å². The molecule has 2 N–H and O–H groups in total. The highest BCUT2D eigenvalue weighted by Crippen LogP contribution is 2.03. The van der Waals surface area contributed by atoms with Crippen molar-refractivity contribution < 1.29 is 4.79 Å². The second-order valence-corrected chi connectivity index (χ2v) is 4.67. The molecule has 112 valence electrons. The van der Waals surface area contributed by atoms with E-state index in [1.54, 1.807) is 0 Å². The van der Waals surface area contributed by atoms with E-state index in [9.17, 15) is 4.79 Å². The van der Waals surface area contributed by atoms with E-state index in [-0.39, 0.29) is 5.91 Å². The normalized spacial score (nSPS) is 10.3. The fourth-order valence-corrected chi connectivity index (χ4v) is 1.69. The molecule has 0 bridgehead atoms. The summed E-state index contributed by atoms with van der Waals surface area (Å²) in [6.07, 6.45) is 4.53. The van der Waals surface area contributed by atoms with Gasteiger partial charge < -0.3 is 10.6 Å². The maximum atomic E-state index is 11.6. The molecule has 8 nitrogen and oxygen atoms in total. The van der Waals surface area contributed by atoms with Crippen LogP contribution in [0.5, 0.6) is 0 Å². The number of hydrogen-bond acceptors (Lipinski definition) is 6. The largest absolute Gasteiger partial charge is 0.370 e. The quantitative estimate of drug-likeness (QED) is 0.682. The number of tetrazole rings is 1. The summed E-state index contributed by atoms with van der Waals surface area (Å²) < 4.78 is 1.53. The van der Waals surface area contributed by atoms with Crippen LogP contribution in [-0.4, -0.2) is 44.2 Å². The predicted molar refractivity (Wildman–Crippen MR) is 77.5 cm³/mol. The third kappa shape index (κ3) is 5.55. The first-order chi connectivity index (χ1) is 10.2. The molecular formula is C13H19N7O. The lowest BCUT2D eigenvalue weighted by molar-refractivity contribution is -0.121. The zero-order valence-electron chi connectivity index (χ0n) is 12.0. The molecule has 0 aromatic carbocycles. The van der Waals surface area contributed by atoms with Gasteiger partial charge in [-0.3, -0.25) is 4.79 Å². The van der Waals surface area contributed by atoms with Gasteiger partial charge in [0, 0.05) is 25.7 Å². The zero-order valence-corrected chi connectivity index (χ0v) is 12.0. The zero-order chi connectivity index (χ0) is 14.9. The Balaban J connectivity index is 1.53. The topological polar surface area (TPSA) is 97.6 Å². The van der Waals surface area contributed by atoms with Gasteiger partial charge in [-0.15, -0.1) is 5.10 Å². The average molecular weight is 289 g/mol. The minimum Gasteiger partial charge on any atom is -0.370 e. The molecule has 0 radical (unpaired) electrons. The second kappa shape index (κ2) is 7.93. The molecule has 21 heavy (non-hydrogen) atoms. The van der Waals surface area contributed by atoms with Crippen molar-refractivity contribution >= 4 is 11.7 Å². The monoisotopic (exact) mass is 289 g/mol. The summed E-state index contributed by atoms with van der Waals surface area (Å²) in [4.78, 5) is 15.8. The van der Waals surface area contributed by atoms with Gasteiger partial charge in [0.25, 0.3) is 0 Å². The number of nitrogens with one attached hydrogen (secondary N) is 2. The van der Waals surface area contributed by atoms with Crippen molar-refractivity contribution in [2.45, 2.75) is 26.3 Å². The van der Waals surface area contributed by atoms with Crippen molar-refractivity contribution in [3.05, 3.63) is 30.2 Å². The van der Waals surface area contributed by atoms with Crippen LogP contribution in [0.25, 0.3) is 0 Å². The van der Waals surface area contributed by atoms with Crippen LogP contribution in [0.1, 0.15) is 18.4 Å². The Bertz CT molecular complexity index is 538. The van der Waals surface area contributed by atoms with Gasteiger partial charge in [-0.1, -0.05) is 6.07 Å². The van der Waals surface area contributed by atoms with Crippen LogP contribution in [0.2, 0.25) is 0 Å². The molecule has 0 aliphatic heterocycles. The average Bonchev–Trinajstić information content (AvgIpc) is 3.00. The summed E-state index contributed by atoms with van der Waals surface area (Å²) in [6.45, 7) is 3.89. The Morgan fingerprint density at radius 3 is 2.95 bits per heavy atom. The van der Waals surface area contributed by atoms with E-state index < -0.39 is 0 Å². The van der Waals surface area contributed by atoms with Crippen LogP contribution in [0.15, 0.2) is 24.7 Å². The van der Waals surface area contributed by atoms with Crippen molar-refractivity contribution in [2.75, 3.05) is 18.4 Å². The number of nitrogens with zero attached hydrogens (tertiary/aromatic N) is 5. The standard InChI is InChI=1S/C13H19N7O/c1-11-3-4-12(16-9-11)14-6-2-7-15-13(21)5-8-20-10-17-18-19-20/h3-4,9-10H,2,5-8H2,1H3,(H,14,16)(H,15,21). The number of carbonyl (C=O) groups is 1. The number of pyridine rings is 1. The molecule has 2 heterocycles. The van der Waals surface area contributed by atoms with Gasteiger partial charge in [0.15, 0.2) is 0 Å². The number of aromatic nitrogens is 5. The van der Waals surface area contributed by atoms with E-state index in [0.29, 0.717) is 19.5 Å². The van der Waals surface area contributed by atoms with Crippen molar-refractivity contribution in [2.24, 2.45) is 0 Å². The number of rotatable bonds is 8. The Morgan fingerprint density at radius 1 is 1.33 bits per heavy atom. The molecule has 0 fully saturated rings. The fraction of sp³-hybridized carbons (Fsp3) is 0.462. The third-order valence-corrected chi connectivity index (χ3v) is 2.85. The fourth-order valence-electron chi connectivity index (χ4n) is 1.69. The van der Waals surface area contributed by atoms with Crippen LogP contribution >= 0.6 is 0 Å². The molecule has 0 aliphatic rings. The summed E-state index contributed by atoms with van der Waals surface area (Å²) >= 11 is 0. The van der Waals surface area contributed by atoms with E-state index in [4.69, 9.17) is 0 Å². The molecule has 0 saturated heterocycles. The number of amides is 1. The van der Waals surface area contributed by atoms with E-state index >= 15 is 0 Å². The molecule has 0 unspecified atom stereocenters. The van der Waals surface area contributed by atoms with Crippen LogP contribution in [0.4, 0.5) is 5.82 Å². The summed E-state index contributed by atoms with van der Waals surface area (Å²) in [6, 6.07) is 3.95. The predicted octanol–water partition coefficient (Wildman–Crippen LogP) is 0.385. The van der Waals surface area contributed by atoms with Gasteiger partial charge in [-0.2, -0.15) is 0 Å². The maximum Gasteiger partial charge on any atom is 0.221 e. The molecule has 2 aromatic heterocycles. The Hall–Kier alpha value is -2.51. The van der Waals surface area contributed by atoms with Gasteiger partial charge in [0.05, 0.1) is 6.54 Å². The molecule has 1 amide bonds. The van der Waals surface area contributed by atoms with Crippen molar-refractivity contribution in [1.29, 1.82) is 0 Å². The third-order valence-electron chi connectivity index (χ3n) is 2.85. The summed E-state index contributed by atoms with van der Waals surface area (Å²) in [7, 11) is 0. The number of carbonyl (C=O) groups excluding carboxylic acids is 1. The number of aryl methyl sites for hydroxylation is 2. The van der Waals surface area contributed by atoms with E-state index in [1.165, 1.54) is 11.0 Å². The lowest BCUT2D eigenvalue weighted by atomic mass is 10.3. The van der Waals surface area contributed by atoms with E-state index in [1.807, 2.05) is 25.3 Å². The van der Waals surface area contributed by atoms with Crippen molar-refractivity contribution in [3.8, 4) is 0 Å². The molecule has 2 aromatic rings. The first-order valence-corrected chi connectivity index (χ1v) is 6.88. The Morgan fingerprint density at radius 2 is 2.24 bits per heavy atom. The van der Waals surface area contributed by atoms with Crippen LogP contribution < -0.4 is 10.6 Å². The van der Waals surface area contributed by atoms with Crippen molar-refractivity contribution in [1.82, 2.24) is 30.5 Å². The van der Waals surface area contributed by atoms with Gasteiger partial charge >= 0.3 is 0 Å². The SMILES string of the molecule is Cc1ccc(NCCCNC(=O)CCn2cnnn2)nc1. The van der Waals surface area contributed by atoms with Gasteiger partial charge in [0.2, 0.25) is 5.91 Å². The van der Waals surface area contributed by atoms with Gasteiger partial charge in [-0.05, 0) is 35.4 Å². The maximum absolute atomic E-state index is 11.6. The highest BCUT2D eigenvalue weighted by molar-refractivity contribution is 5.75.